The number of thiol groups is 1. The highest BCUT2D eigenvalue weighted by atomic mass is 32.1. The molecule has 0 radical (unpaired) electrons. The van der Waals surface area contributed by atoms with Gasteiger partial charge in [-0.3, -0.25) is 9.59 Å². The zero-order valence-electron chi connectivity index (χ0n) is 15.6. The van der Waals surface area contributed by atoms with Gasteiger partial charge < -0.3 is 15.4 Å². The second-order valence-electron chi connectivity index (χ2n) is 6.99. The monoisotopic (exact) mass is 402 g/mol. The number of carbonyl (C=O) groups excluding carboxylic acids is 2. The number of hydrogen-bond acceptors (Lipinski definition) is 4. The number of amides is 2. The summed E-state index contributed by atoms with van der Waals surface area (Å²) in [5, 5.41) is -0.0473. The van der Waals surface area contributed by atoms with Gasteiger partial charge in [-0.2, -0.15) is 12.6 Å². The molecule has 1 heterocycles. The maximum absolute atomic E-state index is 13.0. The van der Waals surface area contributed by atoms with Crippen LogP contribution >= 0.6 is 12.6 Å². The molecule has 2 aromatic rings. The normalized spacial score (nSPS) is 15.7. The number of halogens is 1. The number of carbonyl (C=O) groups is 2. The SMILES string of the molecule is CC(S)C[C@@H](C(N)=O)N1CCc2cc(OCc3ccc(F)cc3)ccc2C1=O. The van der Waals surface area contributed by atoms with Gasteiger partial charge in [0.25, 0.3) is 5.91 Å². The van der Waals surface area contributed by atoms with Crippen LogP contribution in [0.2, 0.25) is 0 Å². The van der Waals surface area contributed by atoms with Crippen molar-refractivity contribution in [2.75, 3.05) is 6.54 Å². The Labute approximate surface area is 169 Å². The lowest BCUT2D eigenvalue weighted by atomic mass is 9.96. The fraction of sp³-hybridized carbons (Fsp3) is 0.333. The first kappa shape index (κ1) is 20.2. The third-order valence-corrected chi connectivity index (χ3v) is 4.99. The van der Waals surface area contributed by atoms with E-state index >= 15 is 0 Å². The van der Waals surface area contributed by atoms with Crippen LogP contribution in [0.3, 0.4) is 0 Å². The number of hydrogen-bond donors (Lipinski definition) is 2. The van der Waals surface area contributed by atoms with Crippen LogP contribution in [-0.4, -0.2) is 34.6 Å². The molecule has 1 aliphatic rings. The van der Waals surface area contributed by atoms with Crippen LogP contribution < -0.4 is 10.5 Å². The molecular weight excluding hydrogens is 379 g/mol. The smallest absolute Gasteiger partial charge is 0.254 e. The molecule has 0 spiro atoms. The molecule has 1 unspecified atom stereocenters. The van der Waals surface area contributed by atoms with Gasteiger partial charge in [0, 0.05) is 17.4 Å². The second-order valence-corrected chi connectivity index (χ2v) is 7.87. The highest BCUT2D eigenvalue weighted by Crippen LogP contribution is 2.27. The van der Waals surface area contributed by atoms with E-state index in [9.17, 15) is 14.0 Å². The number of ether oxygens (including phenoxy) is 1. The number of fused-ring (bicyclic) bond motifs is 1. The quantitative estimate of drug-likeness (QED) is 0.700. The molecule has 0 saturated heterocycles. The van der Waals surface area contributed by atoms with E-state index in [-0.39, 0.29) is 17.0 Å². The highest BCUT2D eigenvalue weighted by Gasteiger charge is 2.33. The number of rotatable bonds is 7. The van der Waals surface area contributed by atoms with Gasteiger partial charge in [-0.1, -0.05) is 19.1 Å². The van der Waals surface area contributed by atoms with Gasteiger partial charge >= 0.3 is 0 Å². The minimum absolute atomic E-state index is 0.0473. The fourth-order valence-corrected chi connectivity index (χ4v) is 3.54. The molecule has 28 heavy (non-hydrogen) atoms. The second kappa shape index (κ2) is 8.65. The van der Waals surface area contributed by atoms with E-state index in [1.54, 1.807) is 24.3 Å². The van der Waals surface area contributed by atoms with Crippen molar-refractivity contribution in [2.24, 2.45) is 5.73 Å². The summed E-state index contributed by atoms with van der Waals surface area (Å²) in [6, 6.07) is 10.7. The van der Waals surface area contributed by atoms with Crippen LogP contribution in [0.25, 0.3) is 0 Å². The van der Waals surface area contributed by atoms with Crippen molar-refractivity contribution < 1.29 is 18.7 Å². The number of nitrogens with two attached hydrogens (primary N) is 1. The minimum atomic E-state index is -0.664. The van der Waals surface area contributed by atoms with Crippen molar-refractivity contribution in [2.45, 2.75) is 37.7 Å². The maximum Gasteiger partial charge on any atom is 0.254 e. The molecule has 2 atom stereocenters. The summed E-state index contributed by atoms with van der Waals surface area (Å²) in [5.74, 6) is -0.372. The Hall–Kier alpha value is -2.54. The summed E-state index contributed by atoms with van der Waals surface area (Å²) in [7, 11) is 0. The lowest BCUT2D eigenvalue weighted by molar-refractivity contribution is -0.122. The molecule has 5 nitrogen and oxygen atoms in total. The molecule has 148 valence electrons. The van der Waals surface area contributed by atoms with E-state index in [2.05, 4.69) is 12.6 Å². The standard InChI is InChI=1S/C21H23FN2O3S/c1-13(28)10-19(20(23)25)24-9-8-15-11-17(6-7-18(15)21(24)26)27-12-14-2-4-16(22)5-3-14/h2-7,11,13,19,28H,8-10,12H2,1H3,(H2,23,25)/t13?,19-/m0/s1. The molecule has 0 aromatic heterocycles. The molecule has 1 aliphatic heterocycles. The predicted octanol–water partition coefficient (Wildman–Crippen LogP) is 2.97. The highest BCUT2D eigenvalue weighted by molar-refractivity contribution is 7.80. The molecule has 0 fully saturated rings. The Morgan fingerprint density at radius 3 is 2.64 bits per heavy atom. The van der Waals surface area contributed by atoms with Crippen LogP contribution in [0.15, 0.2) is 42.5 Å². The van der Waals surface area contributed by atoms with Gasteiger partial charge in [0.1, 0.15) is 24.2 Å². The molecule has 7 heteroatoms. The summed E-state index contributed by atoms with van der Waals surface area (Å²) in [5.41, 5.74) is 7.80. The molecule has 0 bridgehead atoms. The zero-order chi connectivity index (χ0) is 20.3. The lowest BCUT2D eigenvalue weighted by Gasteiger charge is -2.34. The van der Waals surface area contributed by atoms with Crippen LogP contribution in [0.4, 0.5) is 4.39 Å². The number of benzene rings is 2. The Morgan fingerprint density at radius 1 is 1.29 bits per heavy atom. The molecule has 2 N–H and O–H groups in total. The van der Waals surface area contributed by atoms with E-state index in [0.717, 1.165) is 11.1 Å². The first-order valence-corrected chi connectivity index (χ1v) is 9.65. The van der Waals surface area contributed by atoms with Crippen LogP contribution in [0, 0.1) is 5.82 Å². The topological polar surface area (TPSA) is 72.6 Å². The summed E-state index contributed by atoms with van der Waals surface area (Å²) in [6.45, 7) is 2.59. The fourth-order valence-electron chi connectivity index (χ4n) is 3.34. The van der Waals surface area contributed by atoms with Crippen molar-refractivity contribution in [1.82, 2.24) is 4.90 Å². The van der Waals surface area contributed by atoms with Gasteiger partial charge in [-0.15, -0.1) is 0 Å². The van der Waals surface area contributed by atoms with E-state index in [1.807, 2.05) is 13.0 Å². The largest absolute Gasteiger partial charge is 0.489 e. The molecule has 0 saturated carbocycles. The number of nitrogens with zero attached hydrogens (tertiary/aromatic N) is 1. The van der Waals surface area contributed by atoms with Crippen LogP contribution in [0.5, 0.6) is 5.75 Å². The first-order chi connectivity index (χ1) is 13.3. The summed E-state index contributed by atoms with van der Waals surface area (Å²) < 4.78 is 18.7. The third kappa shape index (κ3) is 4.65. The van der Waals surface area contributed by atoms with E-state index in [1.165, 1.54) is 17.0 Å². The lowest BCUT2D eigenvalue weighted by Crippen LogP contribution is -2.51. The van der Waals surface area contributed by atoms with Crippen molar-refractivity contribution in [3.63, 3.8) is 0 Å². The van der Waals surface area contributed by atoms with Crippen molar-refractivity contribution in [1.29, 1.82) is 0 Å². The van der Waals surface area contributed by atoms with E-state index < -0.39 is 11.9 Å². The third-order valence-electron chi connectivity index (χ3n) is 4.78. The van der Waals surface area contributed by atoms with Crippen molar-refractivity contribution in [3.05, 3.63) is 65.0 Å². The van der Waals surface area contributed by atoms with Crippen LogP contribution in [0.1, 0.15) is 34.8 Å². The maximum atomic E-state index is 13.0. The van der Waals surface area contributed by atoms with E-state index in [0.29, 0.717) is 37.3 Å². The van der Waals surface area contributed by atoms with Gasteiger partial charge in [-0.25, -0.2) is 4.39 Å². The Morgan fingerprint density at radius 2 is 2.00 bits per heavy atom. The summed E-state index contributed by atoms with van der Waals surface area (Å²) >= 11 is 4.33. The molecule has 2 aromatic carbocycles. The average molecular weight is 402 g/mol. The minimum Gasteiger partial charge on any atom is -0.489 e. The van der Waals surface area contributed by atoms with Gasteiger partial charge in [0.15, 0.2) is 0 Å². The molecule has 2 amide bonds. The molecular formula is C21H23FN2O3S. The van der Waals surface area contributed by atoms with Crippen molar-refractivity contribution >= 4 is 24.4 Å². The van der Waals surface area contributed by atoms with Gasteiger partial charge in [-0.05, 0) is 54.3 Å². The first-order valence-electron chi connectivity index (χ1n) is 9.13. The predicted molar refractivity (Wildman–Crippen MR) is 108 cm³/mol. The van der Waals surface area contributed by atoms with Gasteiger partial charge in [0.05, 0.1) is 0 Å². The molecule has 3 rings (SSSR count). The van der Waals surface area contributed by atoms with Crippen LogP contribution in [-0.2, 0) is 17.8 Å². The Balaban J connectivity index is 1.72. The summed E-state index contributed by atoms with van der Waals surface area (Å²) in [6.07, 6.45) is 1.03. The Bertz CT molecular complexity index is 870. The number of primary amides is 1. The zero-order valence-corrected chi connectivity index (χ0v) is 16.5. The molecule has 0 aliphatic carbocycles. The van der Waals surface area contributed by atoms with Gasteiger partial charge in [0.2, 0.25) is 5.91 Å². The average Bonchev–Trinajstić information content (AvgIpc) is 2.66. The Kier molecular flexibility index (Phi) is 6.24. The van der Waals surface area contributed by atoms with E-state index in [4.69, 9.17) is 10.5 Å². The summed E-state index contributed by atoms with van der Waals surface area (Å²) in [4.78, 5) is 26.3. The van der Waals surface area contributed by atoms with Crippen molar-refractivity contribution in [3.8, 4) is 5.75 Å².